The van der Waals surface area contributed by atoms with Gasteiger partial charge in [-0.1, -0.05) is 0 Å². The Bertz CT molecular complexity index is 217. The van der Waals surface area contributed by atoms with Crippen molar-refractivity contribution in [2.24, 2.45) is 5.73 Å². The minimum Gasteiger partial charge on any atom is -0.330 e. The van der Waals surface area contributed by atoms with E-state index in [1.165, 1.54) is 0 Å². The van der Waals surface area contributed by atoms with E-state index in [-0.39, 0.29) is 5.91 Å². The summed E-state index contributed by atoms with van der Waals surface area (Å²) in [5, 5.41) is 4.75. The van der Waals surface area contributed by atoms with Crippen LogP contribution < -0.4 is 16.4 Å². The molecule has 1 aliphatic rings. The van der Waals surface area contributed by atoms with Gasteiger partial charge < -0.3 is 11.1 Å². The summed E-state index contributed by atoms with van der Waals surface area (Å²) in [5.74, 6) is -0.263. The Hall–Kier alpha value is -1.10. The zero-order valence-corrected chi connectivity index (χ0v) is 7.02. The molecule has 3 amide bonds. The van der Waals surface area contributed by atoms with Crippen molar-refractivity contribution in [3.05, 3.63) is 0 Å². The van der Waals surface area contributed by atoms with Crippen molar-refractivity contribution in [3.8, 4) is 0 Å². The lowest BCUT2D eigenvalue weighted by Crippen LogP contribution is -2.43. The van der Waals surface area contributed by atoms with Crippen LogP contribution in [0, 0.1) is 0 Å². The third kappa shape index (κ3) is 1.55. The molecule has 5 heteroatoms. The molecule has 0 bridgehead atoms. The lowest BCUT2D eigenvalue weighted by molar-refractivity contribution is -0.123. The van der Waals surface area contributed by atoms with E-state index in [1.807, 2.05) is 0 Å². The molecule has 0 aliphatic carbocycles. The smallest absolute Gasteiger partial charge is 0.322 e. The van der Waals surface area contributed by atoms with E-state index in [4.69, 9.17) is 5.73 Å². The number of amides is 3. The van der Waals surface area contributed by atoms with Crippen LogP contribution in [0.3, 0.4) is 0 Å². The van der Waals surface area contributed by atoms with Crippen LogP contribution in [-0.2, 0) is 4.79 Å². The summed E-state index contributed by atoms with van der Waals surface area (Å²) in [6, 6.07) is -0.417. The summed E-state index contributed by atoms with van der Waals surface area (Å²) in [6.07, 6.45) is 1.31. The second-order valence-corrected chi connectivity index (χ2v) is 3.13. The van der Waals surface area contributed by atoms with Gasteiger partial charge in [0.2, 0.25) is 0 Å². The first-order chi connectivity index (χ1) is 5.58. The van der Waals surface area contributed by atoms with Gasteiger partial charge in [0.15, 0.2) is 0 Å². The molecule has 68 valence electrons. The normalized spacial score (nSPS) is 28.5. The van der Waals surface area contributed by atoms with Gasteiger partial charge in [0.1, 0.15) is 5.54 Å². The van der Waals surface area contributed by atoms with Gasteiger partial charge in [-0.25, -0.2) is 4.79 Å². The molecule has 1 atom stereocenters. The average molecular weight is 171 g/mol. The van der Waals surface area contributed by atoms with Gasteiger partial charge in [-0.15, -0.1) is 0 Å². The lowest BCUT2D eigenvalue weighted by Gasteiger charge is -2.19. The molecule has 4 N–H and O–H groups in total. The summed E-state index contributed by atoms with van der Waals surface area (Å²) in [4.78, 5) is 21.9. The molecule has 0 spiro atoms. The largest absolute Gasteiger partial charge is 0.330 e. The van der Waals surface area contributed by atoms with Crippen LogP contribution in [0.25, 0.3) is 0 Å². The number of hydrogen-bond donors (Lipinski definition) is 3. The van der Waals surface area contributed by atoms with Crippen LogP contribution in [-0.4, -0.2) is 24.0 Å². The number of nitrogens with two attached hydrogens (primary N) is 1. The van der Waals surface area contributed by atoms with E-state index in [0.717, 1.165) is 6.42 Å². The topological polar surface area (TPSA) is 84.2 Å². The predicted octanol–water partition coefficient (Wildman–Crippen LogP) is -0.677. The molecule has 12 heavy (non-hydrogen) atoms. The summed E-state index contributed by atoms with van der Waals surface area (Å²) in [6.45, 7) is 2.22. The van der Waals surface area contributed by atoms with E-state index >= 15 is 0 Å². The Balaban J connectivity index is 2.58. The van der Waals surface area contributed by atoms with Crippen molar-refractivity contribution in [2.45, 2.75) is 25.3 Å². The quantitative estimate of drug-likeness (QED) is 0.492. The highest BCUT2D eigenvalue weighted by Gasteiger charge is 2.40. The van der Waals surface area contributed by atoms with Gasteiger partial charge in [0.05, 0.1) is 0 Å². The van der Waals surface area contributed by atoms with Gasteiger partial charge in [-0.2, -0.15) is 0 Å². The zero-order valence-electron chi connectivity index (χ0n) is 7.02. The number of carbonyl (C=O) groups excluding carboxylic acids is 2. The van der Waals surface area contributed by atoms with Crippen LogP contribution in [0.4, 0.5) is 4.79 Å². The monoisotopic (exact) mass is 171 g/mol. The van der Waals surface area contributed by atoms with E-state index in [2.05, 4.69) is 10.6 Å². The fourth-order valence-corrected chi connectivity index (χ4v) is 1.21. The van der Waals surface area contributed by atoms with Crippen LogP contribution >= 0.6 is 0 Å². The van der Waals surface area contributed by atoms with Gasteiger partial charge in [0, 0.05) is 0 Å². The fourth-order valence-electron chi connectivity index (χ4n) is 1.21. The molecule has 0 saturated carbocycles. The number of rotatable bonds is 3. The van der Waals surface area contributed by atoms with Gasteiger partial charge in [0.25, 0.3) is 5.91 Å². The molecule has 1 saturated heterocycles. The highest BCUT2D eigenvalue weighted by molar-refractivity contribution is 6.06. The van der Waals surface area contributed by atoms with Crippen LogP contribution in [0.2, 0.25) is 0 Å². The van der Waals surface area contributed by atoms with E-state index in [9.17, 15) is 9.59 Å². The highest BCUT2D eigenvalue weighted by atomic mass is 16.2. The van der Waals surface area contributed by atoms with Crippen LogP contribution in [0.15, 0.2) is 0 Å². The van der Waals surface area contributed by atoms with Crippen molar-refractivity contribution in [1.29, 1.82) is 0 Å². The van der Waals surface area contributed by atoms with Crippen molar-refractivity contribution < 1.29 is 9.59 Å². The van der Waals surface area contributed by atoms with Gasteiger partial charge >= 0.3 is 6.03 Å². The Morgan fingerprint density at radius 3 is 2.58 bits per heavy atom. The summed E-state index contributed by atoms with van der Waals surface area (Å²) in [5.41, 5.74) is 4.55. The maximum Gasteiger partial charge on any atom is 0.322 e. The lowest BCUT2D eigenvalue weighted by atomic mass is 9.96. The highest BCUT2D eigenvalue weighted by Crippen LogP contribution is 2.15. The molecule has 1 fully saturated rings. The second-order valence-electron chi connectivity index (χ2n) is 3.13. The first-order valence-electron chi connectivity index (χ1n) is 3.92. The van der Waals surface area contributed by atoms with Crippen LogP contribution in [0.5, 0.6) is 0 Å². The van der Waals surface area contributed by atoms with Crippen LogP contribution in [0.1, 0.15) is 19.8 Å². The summed E-state index contributed by atoms with van der Waals surface area (Å²) < 4.78 is 0. The Kier molecular flexibility index (Phi) is 2.32. The number of hydrogen-bond acceptors (Lipinski definition) is 3. The number of imide groups is 1. The molecule has 0 radical (unpaired) electrons. The molecule has 1 rings (SSSR count). The molecule has 1 unspecified atom stereocenters. The summed E-state index contributed by atoms with van der Waals surface area (Å²) in [7, 11) is 0. The van der Waals surface area contributed by atoms with Crippen molar-refractivity contribution in [3.63, 3.8) is 0 Å². The Labute approximate surface area is 70.7 Å². The minimum absolute atomic E-state index is 0.263. The maximum absolute atomic E-state index is 11.2. The standard InChI is InChI=1S/C7H13N3O2/c1-7(3-2-4-8)5(11)9-6(12)10-7/h2-4,8H2,1H3,(H2,9,10,11,12). The Morgan fingerprint density at radius 1 is 1.50 bits per heavy atom. The number of urea groups is 1. The summed E-state index contributed by atoms with van der Waals surface area (Å²) >= 11 is 0. The van der Waals surface area contributed by atoms with E-state index < -0.39 is 11.6 Å². The Morgan fingerprint density at radius 2 is 2.17 bits per heavy atom. The predicted molar refractivity (Wildman–Crippen MR) is 43.4 cm³/mol. The number of nitrogens with one attached hydrogen (secondary N) is 2. The second kappa shape index (κ2) is 3.10. The van der Waals surface area contributed by atoms with Gasteiger partial charge in [-0.05, 0) is 26.3 Å². The third-order valence-corrected chi connectivity index (χ3v) is 2.00. The number of carbonyl (C=O) groups is 2. The average Bonchev–Trinajstić information content (AvgIpc) is 2.23. The first kappa shape index (κ1) is 8.99. The van der Waals surface area contributed by atoms with Crippen molar-refractivity contribution in [2.75, 3.05) is 6.54 Å². The van der Waals surface area contributed by atoms with Crippen molar-refractivity contribution >= 4 is 11.9 Å². The molecule has 1 aliphatic heterocycles. The SMILES string of the molecule is CC1(CCCN)NC(=O)NC1=O. The van der Waals surface area contributed by atoms with Crippen molar-refractivity contribution in [1.82, 2.24) is 10.6 Å². The molecule has 0 aromatic heterocycles. The molecule has 0 aromatic carbocycles. The first-order valence-corrected chi connectivity index (χ1v) is 3.92. The molecular formula is C7H13N3O2. The van der Waals surface area contributed by atoms with E-state index in [1.54, 1.807) is 6.92 Å². The van der Waals surface area contributed by atoms with Gasteiger partial charge in [-0.3, -0.25) is 10.1 Å². The third-order valence-electron chi connectivity index (χ3n) is 2.00. The molecular weight excluding hydrogens is 158 g/mol. The molecule has 5 nitrogen and oxygen atoms in total. The fraction of sp³-hybridized carbons (Fsp3) is 0.714. The van der Waals surface area contributed by atoms with E-state index in [0.29, 0.717) is 13.0 Å². The maximum atomic E-state index is 11.2. The molecule has 0 aromatic rings. The minimum atomic E-state index is -0.754. The zero-order chi connectivity index (χ0) is 9.19. The molecule has 1 heterocycles.